The lowest BCUT2D eigenvalue weighted by atomic mass is 10.0. The molecule has 1 N–H and O–H groups in total. The largest absolute Gasteiger partial charge is 0.482 e. The first-order valence-corrected chi connectivity index (χ1v) is 9.06. The van der Waals surface area contributed by atoms with E-state index in [0.29, 0.717) is 18.2 Å². The summed E-state index contributed by atoms with van der Waals surface area (Å²) in [5, 5.41) is 4.67. The number of esters is 1. The molecule has 2 rings (SSSR count). The van der Waals surface area contributed by atoms with E-state index < -0.39 is 12.1 Å². The van der Waals surface area contributed by atoms with E-state index in [9.17, 15) is 9.59 Å². The van der Waals surface area contributed by atoms with Crippen LogP contribution in [0, 0.1) is 0 Å². The minimum atomic E-state index is -0.862. The molecule has 0 spiro atoms. The predicted octanol–water partition coefficient (Wildman–Crippen LogP) is 3.50. The SMILES string of the molecule is CC(C)c1ccc(OCC(=O)O[C@H](C)C(=O)NCc2cccs2)cc1. The molecular weight excluding hydrogens is 338 g/mol. The average molecular weight is 361 g/mol. The zero-order valence-electron chi connectivity index (χ0n) is 14.7. The predicted molar refractivity (Wildman–Crippen MR) is 97.7 cm³/mol. The number of amides is 1. The van der Waals surface area contributed by atoms with Crippen LogP contribution in [0.2, 0.25) is 0 Å². The Balaban J connectivity index is 1.72. The van der Waals surface area contributed by atoms with Crippen molar-refractivity contribution < 1.29 is 19.1 Å². The van der Waals surface area contributed by atoms with Gasteiger partial charge in [0.1, 0.15) is 5.75 Å². The van der Waals surface area contributed by atoms with Crippen molar-refractivity contribution in [2.24, 2.45) is 0 Å². The van der Waals surface area contributed by atoms with Gasteiger partial charge < -0.3 is 14.8 Å². The van der Waals surface area contributed by atoms with Gasteiger partial charge in [-0.3, -0.25) is 4.79 Å². The Labute approximate surface area is 152 Å². The summed E-state index contributed by atoms with van der Waals surface area (Å²) in [7, 11) is 0. The van der Waals surface area contributed by atoms with Crippen molar-refractivity contribution in [2.75, 3.05) is 6.61 Å². The molecule has 1 atom stereocenters. The molecule has 1 amide bonds. The third kappa shape index (κ3) is 6.23. The van der Waals surface area contributed by atoms with Gasteiger partial charge in [0.25, 0.3) is 5.91 Å². The van der Waals surface area contributed by atoms with E-state index in [-0.39, 0.29) is 12.5 Å². The second-order valence-corrected chi connectivity index (χ2v) is 6.97. The molecule has 25 heavy (non-hydrogen) atoms. The maximum Gasteiger partial charge on any atom is 0.344 e. The summed E-state index contributed by atoms with van der Waals surface area (Å²) in [6.07, 6.45) is -0.862. The molecule has 1 aromatic carbocycles. The Morgan fingerprint density at radius 1 is 1.12 bits per heavy atom. The summed E-state index contributed by atoms with van der Waals surface area (Å²) in [5.74, 6) is 0.124. The van der Waals surface area contributed by atoms with Gasteiger partial charge in [0.05, 0.1) is 6.54 Å². The topological polar surface area (TPSA) is 64.6 Å². The summed E-state index contributed by atoms with van der Waals surface area (Å²) in [6, 6.07) is 11.4. The normalized spacial score (nSPS) is 11.8. The summed E-state index contributed by atoms with van der Waals surface area (Å²) < 4.78 is 10.5. The van der Waals surface area contributed by atoms with Gasteiger partial charge in [-0.25, -0.2) is 4.79 Å². The fourth-order valence-corrected chi connectivity index (χ4v) is 2.75. The third-order valence-electron chi connectivity index (χ3n) is 3.60. The quantitative estimate of drug-likeness (QED) is 0.731. The lowest BCUT2D eigenvalue weighted by molar-refractivity contribution is -0.156. The lowest BCUT2D eigenvalue weighted by Crippen LogP contribution is -2.36. The van der Waals surface area contributed by atoms with E-state index in [1.165, 1.54) is 5.56 Å². The molecule has 0 unspecified atom stereocenters. The highest BCUT2D eigenvalue weighted by atomic mass is 32.1. The summed E-state index contributed by atoms with van der Waals surface area (Å²) >= 11 is 1.56. The van der Waals surface area contributed by atoms with Gasteiger partial charge in [-0.1, -0.05) is 32.0 Å². The van der Waals surface area contributed by atoms with E-state index in [0.717, 1.165) is 4.88 Å². The highest BCUT2D eigenvalue weighted by Gasteiger charge is 2.18. The summed E-state index contributed by atoms with van der Waals surface area (Å²) in [5.41, 5.74) is 1.20. The molecule has 0 saturated carbocycles. The van der Waals surface area contributed by atoms with E-state index >= 15 is 0 Å². The van der Waals surface area contributed by atoms with Gasteiger partial charge in [-0.2, -0.15) is 0 Å². The second-order valence-electron chi connectivity index (χ2n) is 5.94. The molecule has 0 saturated heterocycles. The van der Waals surface area contributed by atoms with Gasteiger partial charge in [0, 0.05) is 4.88 Å². The van der Waals surface area contributed by atoms with Crippen LogP contribution in [0.15, 0.2) is 41.8 Å². The maximum atomic E-state index is 11.9. The minimum absolute atomic E-state index is 0.233. The Hall–Kier alpha value is -2.34. The molecule has 1 heterocycles. The first kappa shape index (κ1) is 19.0. The standard InChI is InChI=1S/C19H23NO4S/c1-13(2)15-6-8-16(9-7-15)23-12-18(21)24-14(3)19(22)20-11-17-5-4-10-25-17/h4-10,13-14H,11-12H2,1-3H3,(H,20,22)/t14-/m1/s1. The van der Waals surface area contributed by atoms with Crippen molar-refractivity contribution >= 4 is 23.2 Å². The lowest BCUT2D eigenvalue weighted by Gasteiger charge is -2.14. The average Bonchev–Trinajstić information content (AvgIpc) is 3.11. The summed E-state index contributed by atoms with van der Waals surface area (Å²) in [4.78, 5) is 24.8. The first-order valence-electron chi connectivity index (χ1n) is 8.18. The zero-order chi connectivity index (χ0) is 18.2. The Morgan fingerprint density at radius 2 is 1.84 bits per heavy atom. The molecule has 6 heteroatoms. The smallest absolute Gasteiger partial charge is 0.344 e. The van der Waals surface area contributed by atoms with Crippen molar-refractivity contribution in [3.05, 3.63) is 52.2 Å². The van der Waals surface area contributed by atoms with Gasteiger partial charge in [-0.15, -0.1) is 11.3 Å². The molecule has 0 bridgehead atoms. The van der Waals surface area contributed by atoms with Crippen LogP contribution in [0.3, 0.4) is 0 Å². The fourth-order valence-electron chi connectivity index (χ4n) is 2.11. The van der Waals surface area contributed by atoms with Crippen molar-refractivity contribution in [1.82, 2.24) is 5.32 Å². The maximum absolute atomic E-state index is 11.9. The van der Waals surface area contributed by atoms with E-state index in [4.69, 9.17) is 9.47 Å². The Kier molecular flexibility index (Phi) is 7.01. The van der Waals surface area contributed by atoms with Crippen LogP contribution in [-0.4, -0.2) is 24.6 Å². The Bertz CT molecular complexity index is 680. The highest BCUT2D eigenvalue weighted by Crippen LogP contribution is 2.18. The highest BCUT2D eigenvalue weighted by molar-refractivity contribution is 7.09. The van der Waals surface area contributed by atoms with Crippen LogP contribution < -0.4 is 10.1 Å². The zero-order valence-corrected chi connectivity index (χ0v) is 15.5. The number of hydrogen-bond donors (Lipinski definition) is 1. The van der Waals surface area contributed by atoms with Crippen molar-refractivity contribution in [3.63, 3.8) is 0 Å². The molecule has 1 aromatic heterocycles. The number of benzene rings is 1. The van der Waals surface area contributed by atoms with Crippen molar-refractivity contribution in [2.45, 2.75) is 39.3 Å². The number of ether oxygens (including phenoxy) is 2. The molecule has 0 aliphatic carbocycles. The number of carbonyl (C=O) groups excluding carboxylic acids is 2. The molecule has 0 aliphatic rings. The van der Waals surface area contributed by atoms with Crippen LogP contribution in [0.4, 0.5) is 0 Å². The molecule has 2 aromatic rings. The first-order chi connectivity index (χ1) is 12.0. The van der Waals surface area contributed by atoms with E-state index in [2.05, 4.69) is 19.2 Å². The molecule has 134 valence electrons. The van der Waals surface area contributed by atoms with E-state index in [1.54, 1.807) is 18.3 Å². The van der Waals surface area contributed by atoms with Crippen LogP contribution in [-0.2, 0) is 20.9 Å². The van der Waals surface area contributed by atoms with Crippen LogP contribution in [0.25, 0.3) is 0 Å². The number of thiophene rings is 1. The number of rotatable bonds is 8. The molecule has 0 fully saturated rings. The van der Waals surface area contributed by atoms with Crippen molar-refractivity contribution in [3.8, 4) is 5.75 Å². The van der Waals surface area contributed by atoms with Gasteiger partial charge in [0.15, 0.2) is 12.7 Å². The van der Waals surface area contributed by atoms with Crippen LogP contribution >= 0.6 is 11.3 Å². The fraction of sp³-hybridized carbons (Fsp3) is 0.368. The summed E-state index contributed by atoms with van der Waals surface area (Å²) in [6.45, 7) is 5.95. The van der Waals surface area contributed by atoms with Crippen LogP contribution in [0.1, 0.15) is 37.1 Å². The molecule has 5 nitrogen and oxygen atoms in total. The number of nitrogens with one attached hydrogen (secondary N) is 1. The van der Waals surface area contributed by atoms with Gasteiger partial charge in [0.2, 0.25) is 0 Å². The third-order valence-corrected chi connectivity index (χ3v) is 4.47. The molecular formula is C19H23NO4S. The Morgan fingerprint density at radius 3 is 2.44 bits per heavy atom. The second kappa shape index (κ2) is 9.22. The molecule has 0 radical (unpaired) electrons. The monoisotopic (exact) mass is 361 g/mol. The van der Waals surface area contributed by atoms with Gasteiger partial charge >= 0.3 is 5.97 Å². The van der Waals surface area contributed by atoms with Crippen LogP contribution in [0.5, 0.6) is 5.75 Å². The van der Waals surface area contributed by atoms with Crippen molar-refractivity contribution in [1.29, 1.82) is 0 Å². The minimum Gasteiger partial charge on any atom is -0.482 e. The molecule has 0 aliphatic heterocycles. The number of hydrogen-bond acceptors (Lipinski definition) is 5. The van der Waals surface area contributed by atoms with Gasteiger partial charge in [-0.05, 0) is 42.0 Å². The number of carbonyl (C=O) groups is 2. The van der Waals surface area contributed by atoms with E-state index in [1.807, 2.05) is 41.8 Å².